The molecular weight excluding hydrogens is 436 g/mol. The van der Waals surface area contributed by atoms with Crippen molar-refractivity contribution in [3.8, 4) is 11.1 Å². The zero-order chi connectivity index (χ0) is 24.5. The van der Waals surface area contributed by atoms with Gasteiger partial charge in [0.1, 0.15) is 12.6 Å². The van der Waals surface area contributed by atoms with Crippen molar-refractivity contribution in [2.24, 2.45) is 0 Å². The van der Waals surface area contributed by atoms with Gasteiger partial charge in [0.25, 0.3) is 0 Å². The number of ether oxygens (including phenoxy) is 2. The molecule has 1 atom stereocenters. The van der Waals surface area contributed by atoms with Crippen LogP contribution in [0.4, 0.5) is 4.79 Å². The van der Waals surface area contributed by atoms with E-state index in [1.165, 1.54) is 7.11 Å². The topological polar surface area (TPSA) is 105 Å². The minimum atomic E-state index is -0.889. The third kappa shape index (κ3) is 6.14. The number of likely N-dealkylation sites (N-methyl/N-ethyl adjacent to an activating group) is 1. The largest absolute Gasteiger partial charge is 0.481 e. The summed E-state index contributed by atoms with van der Waals surface area (Å²) in [5, 5.41) is 11.4. The second-order valence-electron chi connectivity index (χ2n) is 8.25. The first kappa shape index (κ1) is 25.2. The lowest BCUT2D eigenvalue weighted by atomic mass is 9.98. The smallest absolute Gasteiger partial charge is 0.407 e. The van der Waals surface area contributed by atoms with Gasteiger partial charge in [0.15, 0.2) is 0 Å². The molecule has 2 N–H and O–H groups in total. The van der Waals surface area contributed by atoms with E-state index in [1.54, 1.807) is 4.90 Å². The molecule has 34 heavy (non-hydrogen) atoms. The molecular formula is C26H32N2O6. The van der Waals surface area contributed by atoms with Crippen molar-refractivity contribution in [1.82, 2.24) is 10.2 Å². The monoisotopic (exact) mass is 468 g/mol. The van der Waals surface area contributed by atoms with E-state index in [4.69, 9.17) is 14.6 Å². The predicted octanol–water partition coefficient (Wildman–Crippen LogP) is 3.64. The number of alkyl carbamates (subject to hydrolysis) is 1. The first-order valence-corrected chi connectivity index (χ1v) is 11.6. The number of amides is 2. The second-order valence-corrected chi connectivity index (χ2v) is 8.25. The fraction of sp³-hybridized carbons (Fsp3) is 0.423. The number of rotatable bonds is 12. The van der Waals surface area contributed by atoms with E-state index >= 15 is 0 Å². The Labute approximate surface area is 199 Å². The molecule has 0 saturated heterocycles. The number of nitrogens with zero attached hydrogens (tertiary/aromatic N) is 1. The highest BCUT2D eigenvalue weighted by Crippen LogP contribution is 2.44. The molecule has 0 heterocycles. The van der Waals surface area contributed by atoms with Crippen molar-refractivity contribution in [1.29, 1.82) is 0 Å². The quantitative estimate of drug-likeness (QED) is 0.461. The number of hydrogen-bond donors (Lipinski definition) is 2. The van der Waals surface area contributed by atoms with Crippen LogP contribution < -0.4 is 5.32 Å². The highest BCUT2D eigenvalue weighted by Gasteiger charge is 2.30. The molecule has 2 aromatic rings. The van der Waals surface area contributed by atoms with Gasteiger partial charge < -0.3 is 24.8 Å². The summed E-state index contributed by atoms with van der Waals surface area (Å²) >= 11 is 0. The van der Waals surface area contributed by atoms with Gasteiger partial charge in [0.05, 0.1) is 6.61 Å². The fourth-order valence-electron chi connectivity index (χ4n) is 4.35. The maximum absolute atomic E-state index is 13.0. The Hall–Kier alpha value is -3.39. The van der Waals surface area contributed by atoms with E-state index in [0.717, 1.165) is 22.3 Å². The summed E-state index contributed by atoms with van der Waals surface area (Å²) in [6.45, 7) is 2.86. The van der Waals surface area contributed by atoms with Crippen molar-refractivity contribution in [2.45, 2.75) is 38.1 Å². The summed E-state index contributed by atoms with van der Waals surface area (Å²) in [6.07, 6.45) is 0.425. The molecule has 0 saturated carbocycles. The summed E-state index contributed by atoms with van der Waals surface area (Å²) in [6, 6.07) is 15.3. The Morgan fingerprint density at radius 1 is 1.03 bits per heavy atom. The summed E-state index contributed by atoms with van der Waals surface area (Å²) in [5.74, 6) is -1.21. The predicted molar refractivity (Wildman–Crippen MR) is 128 cm³/mol. The van der Waals surface area contributed by atoms with Crippen LogP contribution in [0.5, 0.6) is 0 Å². The van der Waals surface area contributed by atoms with E-state index in [0.29, 0.717) is 25.9 Å². The molecule has 0 radical (unpaired) electrons. The van der Waals surface area contributed by atoms with Crippen LogP contribution in [0.25, 0.3) is 11.1 Å². The van der Waals surface area contributed by atoms with Crippen LogP contribution in [0, 0.1) is 0 Å². The molecule has 0 aromatic heterocycles. The lowest BCUT2D eigenvalue weighted by molar-refractivity contribution is -0.137. The first-order chi connectivity index (χ1) is 16.5. The number of methoxy groups -OCH3 is 1. The van der Waals surface area contributed by atoms with Gasteiger partial charge in [-0.3, -0.25) is 9.59 Å². The van der Waals surface area contributed by atoms with E-state index in [1.807, 2.05) is 43.3 Å². The van der Waals surface area contributed by atoms with Gasteiger partial charge in [-0.2, -0.15) is 0 Å². The maximum Gasteiger partial charge on any atom is 0.407 e. The number of carbonyl (C=O) groups excluding carboxylic acids is 2. The lowest BCUT2D eigenvalue weighted by Gasteiger charge is -2.26. The van der Waals surface area contributed by atoms with Gasteiger partial charge in [-0.15, -0.1) is 0 Å². The second kappa shape index (κ2) is 12.2. The molecule has 3 rings (SSSR count). The Morgan fingerprint density at radius 3 is 2.21 bits per heavy atom. The van der Waals surface area contributed by atoms with E-state index in [-0.39, 0.29) is 31.5 Å². The number of carboxylic acid groups (broad SMARTS) is 1. The van der Waals surface area contributed by atoms with Crippen LogP contribution in [-0.4, -0.2) is 67.4 Å². The number of carbonyl (C=O) groups is 3. The molecule has 2 aromatic carbocycles. The summed E-state index contributed by atoms with van der Waals surface area (Å²) < 4.78 is 10.7. The highest BCUT2D eigenvalue weighted by molar-refractivity contribution is 5.86. The van der Waals surface area contributed by atoms with Gasteiger partial charge in [-0.05, 0) is 42.0 Å². The fourth-order valence-corrected chi connectivity index (χ4v) is 4.35. The molecule has 0 spiro atoms. The zero-order valence-electron chi connectivity index (χ0n) is 19.7. The van der Waals surface area contributed by atoms with Gasteiger partial charge in [-0.1, -0.05) is 48.5 Å². The van der Waals surface area contributed by atoms with Crippen LogP contribution in [0.3, 0.4) is 0 Å². The third-order valence-electron chi connectivity index (χ3n) is 6.03. The molecule has 0 unspecified atom stereocenters. The summed E-state index contributed by atoms with van der Waals surface area (Å²) in [4.78, 5) is 37.9. The van der Waals surface area contributed by atoms with Crippen molar-refractivity contribution >= 4 is 18.0 Å². The molecule has 1 aliphatic carbocycles. The minimum Gasteiger partial charge on any atom is -0.481 e. The molecule has 8 nitrogen and oxygen atoms in total. The Morgan fingerprint density at radius 2 is 1.65 bits per heavy atom. The number of benzene rings is 2. The molecule has 0 bridgehead atoms. The average molecular weight is 469 g/mol. The summed E-state index contributed by atoms with van der Waals surface area (Å²) in [5.41, 5.74) is 4.50. The molecule has 8 heteroatoms. The number of carboxylic acids is 1. The maximum atomic E-state index is 13.0. The number of nitrogens with one attached hydrogen (secondary N) is 1. The molecule has 182 valence electrons. The average Bonchev–Trinajstić information content (AvgIpc) is 3.16. The Kier molecular flexibility index (Phi) is 9.04. The highest BCUT2D eigenvalue weighted by atomic mass is 16.5. The van der Waals surface area contributed by atoms with E-state index in [2.05, 4.69) is 17.4 Å². The molecule has 2 amide bonds. The minimum absolute atomic E-state index is 0.00859. The molecule has 1 aliphatic rings. The van der Waals surface area contributed by atoms with E-state index in [9.17, 15) is 14.4 Å². The van der Waals surface area contributed by atoms with Crippen molar-refractivity contribution in [3.63, 3.8) is 0 Å². The number of unbranched alkanes of at least 4 members (excludes halogenated alkanes) is 1. The van der Waals surface area contributed by atoms with E-state index < -0.39 is 18.1 Å². The number of aliphatic carboxylic acids is 1. The third-order valence-corrected chi connectivity index (χ3v) is 6.03. The van der Waals surface area contributed by atoms with Gasteiger partial charge >= 0.3 is 12.1 Å². The zero-order valence-corrected chi connectivity index (χ0v) is 19.7. The van der Waals surface area contributed by atoms with Crippen molar-refractivity contribution in [3.05, 3.63) is 59.7 Å². The first-order valence-electron chi connectivity index (χ1n) is 11.6. The van der Waals surface area contributed by atoms with Crippen molar-refractivity contribution in [2.75, 3.05) is 33.4 Å². The van der Waals surface area contributed by atoms with Crippen LogP contribution in [-0.2, 0) is 19.1 Å². The van der Waals surface area contributed by atoms with Gasteiger partial charge in [0, 0.05) is 32.5 Å². The summed E-state index contributed by atoms with van der Waals surface area (Å²) in [7, 11) is 1.46. The number of fused-ring (bicyclic) bond motifs is 3. The molecule has 0 fully saturated rings. The normalized spacial score (nSPS) is 13.0. The van der Waals surface area contributed by atoms with Crippen LogP contribution in [0.15, 0.2) is 48.5 Å². The van der Waals surface area contributed by atoms with Gasteiger partial charge in [-0.25, -0.2) is 4.79 Å². The van der Waals surface area contributed by atoms with Crippen LogP contribution in [0.1, 0.15) is 43.2 Å². The van der Waals surface area contributed by atoms with Crippen LogP contribution >= 0.6 is 0 Å². The lowest BCUT2D eigenvalue weighted by Crippen LogP contribution is -2.51. The van der Waals surface area contributed by atoms with Crippen LogP contribution in [0.2, 0.25) is 0 Å². The SMILES string of the molecule is CCN(CCCCC(=O)O)C(=O)[C@H](COC)NC(=O)OCC1c2ccccc2-c2ccccc21. The van der Waals surface area contributed by atoms with Crippen molar-refractivity contribution < 1.29 is 29.0 Å². The Balaban J connectivity index is 1.59. The Bertz CT molecular complexity index is 963. The van der Waals surface area contributed by atoms with Gasteiger partial charge in [0.2, 0.25) is 5.91 Å². The standard InChI is InChI=1S/C26H32N2O6/c1-3-28(15-9-8-14-24(29)30)25(31)23(17-33-2)27-26(32)34-16-22-20-12-6-4-10-18(20)19-11-5-7-13-21(19)22/h4-7,10-13,22-23H,3,8-9,14-17H2,1-2H3,(H,27,32)(H,29,30)/t23-/m0/s1. The number of hydrogen-bond acceptors (Lipinski definition) is 5. The molecule has 0 aliphatic heterocycles.